The van der Waals surface area contributed by atoms with E-state index in [0.717, 1.165) is 19.2 Å². The zero-order valence-corrected chi connectivity index (χ0v) is 14.0. The van der Waals surface area contributed by atoms with Crippen LogP contribution in [0.15, 0.2) is 18.2 Å². The molecule has 1 aromatic carbocycles. The van der Waals surface area contributed by atoms with Gasteiger partial charge in [-0.3, -0.25) is 19.7 Å². The van der Waals surface area contributed by atoms with Crippen molar-refractivity contribution in [2.75, 3.05) is 45.5 Å². The molecule has 9 nitrogen and oxygen atoms in total. The number of benzene rings is 1. The zero-order valence-electron chi connectivity index (χ0n) is 13.2. The summed E-state index contributed by atoms with van der Waals surface area (Å²) in [5.41, 5.74) is 5.67. The first-order chi connectivity index (χ1) is 10.9. The molecule has 0 spiro atoms. The van der Waals surface area contributed by atoms with E-state index in [1.807, 2.05) is 0 Å². The van der Waals surface area contributed by atoms with Crippen LogP contribution in [0.5, 0.6) is 0 Å². The predicted octanol–water partition coefficient (Wildman–Crippen LogP) is 0.103. The molecule has 2 rings (SSSR count). The molecular formula is C14H20ClN5O4. The summed E-state index contributed by atoms with van der Waals surface area (Å²) in [5.74, 6) is -0.680. The van der Waals surface area contributed by atoms with Crippen LogP contribution < -0.4 is 11.1 Å². The highest BCUT2D eigenvalue weighted by molar-refractivity contribution is 6.01. The van der Waals surface area contributed by atoms with Crippen molar-refractivity contribution in [2.45, 2.75) is 0 Å². The van der Waals surface area contributed by atoms with Crippen LogP contribution in [0, 0.1) is 10.1 Å². The quantitative estimate of drug-likeness (QED) is 0.448. The number of nitrogens with two attached hydrogens (primary N) is 1. The second-order valence-corrected chi connectivity index (χ2v) is 5.32. The van der Waals surface area contributed by atoms with E-state index in [9.17, 15) is 19.7 Å². The molecule has 1 aromatic rings. The van der Waals surface area contributed by atoms with Gasteiger partial charge in [-0.25, -0.2) is 0 Å². The number of hydrogen-bond acceptors (Lipinski definition) is 6. The van der Waals surface area contributed by atoms with Gasteiger partial charge < -0.3 is 20.9 Å². The molecule has 3 N–H and O–H groups in total. The van der Waals surface area contributed by atoms with E-state index in [1.165, 1.54) is 24.1 Å². The monoisotopic (exact) mass is 357 g/mol. The molecule has 132 valence electrons. The third kappa shape index (κ3) is 4.56. The average Bonchev–Trinajstić information content (AvgIpc) is 2.55. The van der Waals surface area contributed by atoms with Gasteiger partial charge in [0.15, 0.2) is 0 Å². The highest BCUT2D eigenvalue weighted by Crippen LogP contribution is 2.20. The molecule has 0 saturated carbocycles. The number of nitrogens with zero attached hydrogens (tertiary/aromatic N) is 3. The van der Waals surface area contributed by atoms with E-state index in [-0.39, 0.29) is 41.8 Å². The summed E-state index contributed by atoms with van der Waals surface area (Å²) < 4.78 is 0. The van der Waals surface area contributed by atoms with E-state index >= 15 is 0 Å². The van der Waals surface area contributed by atoms with E-state index in [1.54, 1.807) is 4.90 Å². The van der Waals surface area contributed by atoms with Crippen LogP contribution in [0.4, 0.5) is 11.4 Å². The van der Waals surface area contributed by atoms with E-state index in [4.69, 9.17) is 5.73 Å². The first-order valence-electron chi connectivity index (χ1n) is 7.18. The summed E-state index contributed by atoms with van der Waals surface area (Å²) in [4.78, 5) is 37.7. The topological polar surface area (TPSA) is 122 Å². The Kier molecular flexibility index (Phi) is 6.93. The molecule has 1 saturated heterocycles. The number of nitrogen functional groups attached to an aromatic ring is 1. The van der Waals surface area contributed by atoms with Crippen LogP contribution in [-0.2, 0) is 4.79 Å². The molecule has 0 atom stereocenters. The standard InChI is InChI=1S/C14H19N5O4.ClH/c1-17(9-13(20)18-6-4-16-5-7-18)14(21)11-8-10(19(22)23)2-3-12(11)15;/h2-3,8,16H,4-7,9,15H2,1H3;1H. The van der Waals surface area contributed by atoms with Gasteiger partial charge in [-0.2, -0.15) is 0 Å². The van der Waals surface area contributed by atoms with Gasteiger partial charge in [-0.1, -0.05) is 0 Å². The van der Waals surface area contributed by atoms with Crippen molar-refractivity contribution >= 4 is 35.6 Å². The highest BCUT2D eigenvalue weighted by atomic mass is 35.5. The van der Waals surface area contributed by atoms with Crippen molar-refractivity contribution in [3.05, 3.63) is 33.9 Å². The lowest BCUT2D eigenvalue weighted by Gasteiger charge is -2.29. The molecule has 0 aromatic heterocycles. The third-order valence-corrected chi connectivity index (χ3v) is 3.67. The van der Waals surface area contributed by atoms with Crippen molar-refractivity contribution in [3.8, 4) is 0 Å². The SMILES string of the molecule is CN(CC(=O)N1CCNCC1)C(=O)c1cc([N+](=O)[O-])ccc1N.Cl. The molecule has 0 aliphatic carbocycles. The minimum absolute atomic E-state index is 0. The van der Waals surface area contributed by atoms with Gasteiger partial charge in [0.2, 0.25) is 5.91 Å². The second kappa shape index (κ2) is 8.46. The van der Waals surface area contributed by atoms with Crippen molar-refractivity contribution in [1.82, 2.24) is 15.1 Å². The van der Waals surface area contributed by atoms with Gasteiger partial charge in [0.05, 0.1) is 17.0 Å². The number of piperazine rings is 1. The van der Waals surface area contributed by atoms with E-state index in [0.29, 0.717) is 13.1 Å². The van der Waals surface area contributed by atoms with Crippen LogP contribution in [0.3, 0.4) is 0 Å². The number of anilines is 1. The Labute approximate surface area is 145 Å². The molecule has 0 unspecified atom stereocenters. The lowest BCUT2D eigenvalue weighted by atomic mass is 10.1. The summed E-state index contributed by atoms with van der Waals surface area (Å²) in [6, 6.07) is 3.68. The number of rotatable bonds is 4. The minimum Gasteiger partial charge on any atom is -0.398 e. The molecule has 1 heterocycles. The number of carbonyl (C=O) groups is 2. The lowest BCUT2D eigenvalue weighted by Crippen LogP contribution is -2.49. The Morgan fingerprint density at radius 1 is 1.38 bits per heavy atom. The number of hydrogen-bond donors (Lipinski definition) is 2. The van der Waals surface area contributed by atoms with Crippen LogP contribution in [-0.4, -0.2) is 66.3 Å². The molecule has 24 heavy (non-hydrogen) atoms. The van der Waals surface area contributed by atoms with Crippen LogP contribution >= 0.6 is 12.4 Å². The highest BCUT2D eigenvalue weighted by Gasteiger charge is 2.23. The number of amides is 2. The minimum atomic E-state index is -0.595. The smallest absolute Gasteiger partial charge is 0.270 e. The fraction of sp³-hybridized carbons (Fsp3) is 0.429. The Balaban J connectivity index is 0.00000288. The summed E-state index contributed by atoms with van der Waals surface area (Å²) in [7, 11) is 1.47. The maximum atomic E-state index is 12.4. The summed E-state index contributed by atoms with van der Waals surface area (Å²) in [5, 5.41) is 14.0. The molecule has 1 fully saturated rings. The van der Waals surface area contributed by atoms with Crippen LogP contribution in [0.1, 0.15) is 10.4 Å². The van der Waals surface area contributed by atoms with Gasteiger partial charge in [-0.15, -0.1) is 12.4 Å². The average molecular weight is 358 g/mol. The molecule has 1 aliphatic rings. The van der Waals surface area contributed by atoms with Gasteiger partial charge in [0.25, 0.3) is 11.6 Å². The predicted molar refractivity (Wildman–Crippen MR) is 91.2 cm³/mol. The van der Waals surface area contributed by atoms with E-state index < -0.39 is 10.8 Å². The second-order valence-electron chi connectivity index (χ2n) is 5.32. The Morgan fingerprint density at radius 3 is 2.58 bits per heavy atom. The molecular weight excluding hydrogens is 338 g/mol. The summed E-state index contributed by atoms with van der Waals surface area (Å²) in [6.45, 7) is 2.54. The number of nitro groups is 1. The summed E-state index contributed by atoms with van der Waals surface area (Å²) >= 11 is 0. The number of likely N-dealkylation sites (N-methyl/N-ethyl adjacent to an activating group) is 1. The lowest BCUT2D eigenvalue weighted by molar-refractivity contribution is -0.384. The number of halogens is 1. The largest absolute Gasteiger partial charge is 0.398 e. The molecule has 1 aliphatic heterocycles. The van der Waals surface area contributed by atoms with Crippen molar-refractivity contribution in [3.63, 3.8) is 0 Å². The van der Waals surface area contributed by atoms with Gasteiger partial charge >= 0.3 is 0 Å². The number of non-ortho nitro benzene ring substituents is 1. The molecule has 10 heteroatoms. The van der Waals surface area contributed by atoms with Gasteiger partial charge in [0, 0.05) is 51.0 Å². The number of nitrogens with one attached hydrogen (secondary N) is 1. The Hall–Kier alpha value is -2.39. The Morgan fingerprint density at radius 2 is 2.00 bits per heavy atom. The zero-order chi connectivity index (χ0) is 17.0. The van der Waals surface area contributed by atoms with Crippen molar-refractivity contribution in [2.24, 2.45) is 0 Å². The number of nitro benzene ring substituents is 1. The van der Waals surface area contributed by atoms with Gasteiger partial charge in [0.1, 0.15) is 0 Å². The normalized spacial score (nSPS) is 13.8. The third-order valence-electron chi connectivity index (χ3n) is 3.67. The van der Waals surface area contributed by atoms with Gasteiger partial charge in [-0.05, 0) is 6.07 Å². The number of carbonyl (C=O) groups excluding carboxylic acids is 2. The maximum Gasteiger partial charge on any atom is 0.270 e. The molecule has 0 radical (unpaired) electrons. The molecule has 0 bridgehead atoms. The first-order valence-corrected chi connectivity index (χ1v) is 7.18. The first kappa shape index (κ1) is 19.7. The summed E-state index contributed by atoms with van der Waals surface area (Å²) in [6.07, 6.45) is 0. The van der Waals surface area contributed by atoms with E-state index in [2.05, 4.69) is 5.32 Å². The van der Waals surface area contributed by atoms with Crippen molar-refractivity contribution < 1.29 is 14.5 Å². The van der Waals surface area contributed by atoms with Crippen molar-refractivity contribution in [1.29, 1.82) is 0 Å². The van der Waals surface area contributed by atoms with Crippen LogP contribution in [0.2, 0.25) is 0 Å². The fourth-order valence-corrected chi connectivity index (χ4v) is 2.34. The Bertz CT molecular complexity index is 634. The molecule has 2 amide bonds. The van der Waals surface area contributed by atoms with Crippen LogP contribution in [0.25, 0.3) is 0 Å². The fourth-order valence-electron chi connectivity index (χ4n) is 2.34. The maximum absolute atomic E-state index is 12.4.